The first kappa shape index (κ1) is 21.8. The summed E-state index contributed by atoms with van der Waals surface area (Å²) in [5.41, 5.74) is 1.51. The molecule has 0 saturated heterocycles. The SMILES string of the molecule is COc1ccc(/C(=C\C=O)SC(=N)c2ccc(SC(C)(C)C(=O)O)cc2)cc1. The van der Waals surface area contributed by atoms with E-state index < -0.39 is 10.7 Å². The van der Waals surface area contributed by atoms with E-state index in [1.165, 1.54) is 29.6 Å². The van der Waals surface area contributed by atoms with Crippen molar-refractivity contribution in [1.29, 1.82) is 5.41 Å². The van der Waals surface area contributed by atoms with Gasteiger partial charge in [0.05, 0.1) is 12.2 Å². The smallest absolute Gasteiger partial charge is 0.319 e. The van der Waals surface area contributed by atoms with E-state index in [1.807, 2.05) is 12.1 Å². The number of allylic oxidation sites excluding steroid dienone is 1. The molecular formula is C21H21NO4S2. The van der Waals surface area contributed by atoms with E-state index >= 15 is 0 Å². The summed E-state index contributed by atoms with van der Waals surface area (Å²) >= 11 is 2.43. The molecular weight excluding hydrogens is 394 g/mol. The molecule has 5 nitrogen and oxygen atoms in total. The molecule has 0 radical (unpaired) electrons. The number of benzene rings is 2. The van der Waals surface area contributed by atoms with Gasteiger partial charge in [0.15, 0.2) is 0 Å². The zero-order chi connectivity index (χ0) is 20.7. The summed E-state index contributed by atoms with van der Waals surface area (Å²) in [4.78, 5) is 23.8. The Labute approximate surface area is 172 Å². The monoisotopic (exact) mass is 415 g/mol. The minimum absolute atomic E-state index is 0.290. The summed E-state index contributed by atoms with van der Waals surface area (Å²) < 4.78 is 4.21. The third kappa shape index (κ3) is 5.74. The highest BCUT2D eigenvalue weighted by molar-refractivity contribution is 8.22. The van der Waals surface area contributed by atoms with Crippen LogP contribution in [0.15, 0.2) is 59.5 Å². The molecule has 0 atom stereocenters. The molecule has 0 saturated carbocycles. The Kier molecular flexibility index (Phi) is 7.48. The molecule has 2 aromatic rings. The predicted molar refractivity (Wildman–Crippen MR) is 115 cm³/mol. The number of aldehydes is 1. The second-order valence-corrected chi connectivity index (χ2v) is 9.02. The predicted octanol–water partition coefficient (Wildman–Crippen LogP) is 4.95. The van der Waals surface area contributed by atoms with Gasteiger partial charge in [0, 0.05) is 15.4 Å². The van der Waals surface area contributed by atoms with E-state index in [0.717, 1.165) is 10.5 Å². The van der Waals surface area contributed by atoms with Crippen molar-refractivity contribution in [2.75, 3.05) is 7.11 Å². The first-order chi connectivity index (χ1) is 13.3. The van der Waals surface area contributed by atoms with Crippen molar-refractivity contribution in [1.82, 2.24) is 0 Å². The summed E-state index contributed by atoms with van der Waals surface area (Å²) in [5, 5.41) is 17.9. The number of ether oxygens (including phenoxy) is 1. The van der Waals surface area contributed by atoms with Crippen LogP contribution < -0.4 is 4.74 Å². The van der Waals surface area contributed by atoms with Gasteiger partial charge in [-0.3, -0.25) is 15.0 Å². The number of aliphatic carboxylic acids is 1. The van der Waals surface area contributed by atoms with Gasteiger partial charge in [-0.1, -0.05) is 36.0 Å². The molecule has 7 heteroatoms. The highest BCUT2D eigenvalue weighted by atomic mass is 32.2. The molecule has 0 spiro atoms. The van der Waals surface area contributed by atoms with Gasteiger partial charge in [-0.2, -0.15) is 0 Å². The Morgan fingerprint density at radius 3 is 2.14 bits per heavy atom. The Balaban J connectivity index is 2.14. The van der Waals surface area contributed by atoms with Crippen LogP contribution >= 0.6 is 23.5 Å². The van der Waals surface area contributed by atoms with Gasteiger partial charge in [-0.05, 0) is 49.8 Å². The van der Waals surface area contributed by atoms with Crippen LogP contribution in [0.1, 0.15) is 25.0 Å². The zero-order valence-electron chi connectivity index (χ0n) is 15.8. The van der Waals surface area contributed by atoms with Gasteiger partial charge in [-0.25, -0.2) is 0 Å². The van der Waals surface area contributed by atoms with E-state index in [-0.39, 0.29) is 5.04 Å². The van der Waals surface area contributed by atoms with Crippen molar-refractivity contribution >= 4 is 45.7 Å². The lowest BCUT2D eigenvalue weighted by molar-refractivity contribution is -0.138. The van der Waals surface area contributed by atoms with E-state index in [1.54, 1.807) is 57.4 Å². The molecule has 0 amide bonds. The standard InChI is InChI=1S/C21H21NO4S2/c1-21(2,20(24)25)28-17-10-6-15(7-11-17)19(22)27-18(12-13-23)14-4-8-16(26-3)9-5-14/h4-13,22H,1-3H3,(H,24,25)/b18-12+,22-19?. The van der Waals surface area contributed by atoms with Crippen LogP contribution in [-0.4, -0.2) is 34.3 Å². The minimum Gasteiger partial charge on any atom is -0.497 e. The lowest BCUT2D eigenvalue weighted by Gasteiger charge is -2.18. The van der Waals surface area contributed by atoms with Crippen LogP contribution in [0.25, 0.3) is 4.91 Å². The summed E-state index contributed by atoms with van der Waals surface area (Å²) in [6, 6.07) is 14.4. The second kappa shape index (κ2) is 9.61. The zero-order valence-corrected chi connectivity index (χ0v) is 17.4. The molecule has 28 heavy (non-hydrogen) atoms. The van der Waals surface area contributed by atoms with Gasteiger partial charge in [0.1, 0.15) is 16.8 Å². The van der Waals surface area contributed by atoms with Gasteiger partial charge < -0.3 is 9.84 Å². The highest BCUT2D eigenvalue weighted by Crippen LogP contribution is 2.34. The molecule has 146 valence electrons. The van der Waals surface area contributed by atoms with Crippen LogP contribution in [0.4, 0.5) is 0 Å². The number of hydrogen-bond donors (Lipinski definition) is 2. The maximum absolute atomic E-state index is 11.3. The summed E-state index contributed by atoms with van der Waals surface area (Å²) in [7, 11) is 1.58. The molecule has 0 fully saturated rings. The van der Waals surface area contributed by atoms with E-state index in [4.69, 9.17) is 10.1 Å². The quantitative estimate of drug-likeness (QED) is 0.209. The van der Waals surface area contributed by atoms with Crippen molar-refractivity contribution in [3.05, 3.63) is 65.7 Å². The third-order valence-corrected chi connectivity index (χ3v) is 6.03. The molecule has 2 aromatic carbocycles. The van der Waals surface area contributed by atoms with Gasteiger partial charge in [-0.15, -0.1) is 11.8 Å². The van der Waals surface area contributed by atoms with Gasteiger partial charge in [0.25, 0.3) is 0 Å². The minimum atomic E-state index is -0.933. The second-order valence-electron chi connectivity index (χ2n) is 6.27. The summed E-state index contributed by atoms with van der Waals surface area (Å²) in [6.07, 6.45) is 2.13. The number of rotatable bonds is 8. The summed E-state index contributed by atoms with van der Waals surface area (Å²) in [5.74, 6) is -0.167. The maximum atomic E-state index is 11.3. The molecule has 0 bridgehead atoms. The number of carboxylic acids is 1. The fourth-order valence-electron chi connectivity index (χ4n) is 2.19. The topological polar surface area (TPSA) is 87.5 Å². The van der Waals surface area contributed by atoms with Crippen molar-refractivity contribution in [3.8, 4) is 5.75 Å². The molecule has 0 aliphatic carbocycles. The molecule has 2 N–H and O–H groups in total. The van der Waals surface area contributed by atoms with Crippen LogP contribution in [0, 0.1) is 5.41 Å². The van der Waals surface area contributed by atoms with Crippen molar-refractivity contribution in [3.63, 3.8) is 0 Å². The number of thioether (sulfide) groups is 2. The molecule has 0 unspecified atom stereocenters. The van der Waals surface area contributed by atoms with Gasteiger partial charge >= 0.3 is 5.97 Å². The largest absolute Gasteiger partial charge is 0.497 e. The van der Waals surface area contributed by atoms with Crippen LogP contribution in [0.3, 0.4) is 0 Å². The Hall–Kier alpha value is -2.51. The Morgan fingerprint density at radius 2 is 1.64 bits per heavy atom. The van der Waals surface area contributed by atoms with Crippen molar-refractivity contribution < 1.29 is 19.4 Å². The fourth-order valence-corrected chi connectivity index (χ4v) is 3.99. The van der Waals surface area contributed by atoms with Crippen LogP contribution in [-0.2, 0) is 9.59 Å². The molecule has 0 heterocycles. The van der Waals surface area contributed by atoms with Gasteiger partial charge in [0.2, 0.25) is 0 Å². The molecule has 0 aliphatic rings. The average Bonchev–Trinajstić information content (AvgIpc) is 2.68. The average molecular weight is 416 g/mol. The third-order valence-electron chi connectivity index (χ3n) is 3.81. The maximum Gasteiger partial charge on any atom is 0.319 e. The van der Waals surface area contributed by atoms with E-state index in [2.05, 4.69) is 0 Å². The normalized spacial score (nSPS) is 11.8. The number of carbonyl (C=O) groups is 2. The van der Waals surface area contributed by atoms with Crippen LogP contribution in [0.5, 0.6) is 5.75 Å². The van der Waals surface area contributed by atoms with E-state index in [9.17, 15) is 14.7 Å². The lowest BCUT2D eigenvalue weighted by atomic mass is 10.2. The van der Waals surface area contributed by atoms with Crippen molar-refractivity contribution in [2.45, 2.75) is 23.5 Å². The van der Waals surface area contributed by atoms with Crippen LogP contribution in [0.2, 0.25) is 0 Å². The Morgan fingerprint density at radius 1 is 1.07 bits per heavy atom. The molecule has 0 aliphatic heterocycles. The number of hydrogen-bond acceptors (Lipinski definition) is 6. The number of nitrogens with one attached hydrogen (secondary N) is 1. The first-order valence-electron chi connectivity index (χ1n) is 8.36. The lowest BCUT2D eigenvalue weighted by Crippen LogP contribution is -2.26. The molecule has 2 rings (SSSR count). The van der Waals surface area contributed by atoms with Crippen molar-refractivity contribution in [2.24, 2.45) is 0 Å². The Bertz CT molecular complexity index is 888. The fraction of sp³-hybridized carbons (Fsp3) is 0.190. The number of carbonyl (C=O) groups excluding carboxylic acids is 1. The number of methoxy groups -OCH3 is 1. The van der Waals surface area contributed by atoms with E-state index in [0.29, 0.717) is 22.5 Å². The number of carboxylic acid groups (broad SMARTS) is 1. The molecule has 0 aromatic heterocycles. The highest BCUT2D eigenvalue weighted by Gasteiger charge is 2.28. The summed E-state index contributed by atoms with van der Waals surface area (Å²) in [6.45, 7) is 3.30. The first-order valence-corrected chi connectivity index (χ1v) is 9.99.